The van der Waals surface area contributed by atoms with Crippen molar-refractivity contribution in [2.75, 3.05) is 20.3 Å². The normalized spacial score (nSPS) is 11.6. The van der Waals surface area contributed by atoms with E-state index in [1.165, 1.54) is 0 Å². The van der Waals surface area contributed by atoms with Crippen LogP contribution in [0.25, 0.3) is 10.9 Å². The van der Waals surface area contributed by atoms with Gasteiger partial charge in [0.05, 0.1) is 13.5 Å². The Bertz CT molecular complexity index is 646. The van der Waals surface area contributed by atoms with Crippen LogP contribution < -0.4 is 10.1 Å². The minimum atomic E-state index is -0.103. The van der Waals surface area contributed by atoms with Gasteiger partial charge in [0.25, 0.3) is 0 Å². The Kier molecular flexibility index (Phi) is 5.08. The lowest BCUT2D eigenvalue weighted by molar-refractivity contribution is -0.120. The van der Waals surface area contributed by atoms with E-state index in [1.807, 2.05) is 38.2 Å². The maximum atomic E-state index is 12.1. The van der Waals surface area contributed by atoms with Gasteiger partial charge in [0.15, 0.2) is 0 Å². The van der Waals surface area contributed by atoms with Crippen molar-refractivity contribution in [1.82, 2.24) is 10.3 Å². The Morgan fingerprint density at radius 3 is 2.86 bits per heavy atom. The number of nitrogens with one attached hydrogen (secondary N) is 2. The number of ether oxygens (including phenoxy) is 1. The second-order valence-corrected chi connectivity index (χ2v) is 6.32. The molecule has 1 aromatic heterocycles. The van der Waals surface area contributed by atoms with Crippen LogP contribution >= 0.6 is 0 Å². The van der Waals surface area contributed by atoms with Gasteiger partial charge in [0.2, 0.25) is 5.91 Å². The zero-order valence-electron chi connectivity index (χ0n) is 13.4. The fraction of sp³-hybridized carbons (Fsp3) is 0.471. The van der Waals surface area contributed by atoms with Crippen LogP contribution in [0.5, 0.6) is 5.75 Å². The first-order valence-corrected chi connectivity index (χ1v) is 7.47. The summed E-state index contributed by atoms with van der Waals surface area (Å²) in [5.41, 5.74) is 1.84. The first kappa shape index (κ1) is 16.4. The van der Waals surface area contributed by atoms with E-state index in [2.05, 4.69) is 10.3 Å². The average Bonchev–Trinajstić information content (AvgIpc) is 2.87. The van der Waals surface area contributed by atoms with Gasteiger partial charge in [-0.25, -0.2) is 0 Å². The van der Waals surface area contributed by atoms with Crippen LogP contribution in [0.1, 0.15) is 25.8 Å². The smallest absolute Gasteiger partial charge is 0.224 e. The molecule has 0 aliphatic carbocycles. The third-order valence-corrected chi connectivity index (χ3v) is 3.88. The second kappa shape index (κ2) is 6.83. The number of carbonyl (C=O) groups is 1. The average molecular weight is 304 g/mol. The molecular weight excluding hydrogens is 280 g/mol. The Morgan fingerprint density at radius 2 is 2.18 bits per heavy atom. The van der Waals surface area contributed by atoms with Gasteiger partial charge < -0.3 is 20.1 Å². The summed E-state index contributed by atoms with van der Waals surface area (Å²) in [4.78, 5) is 15.3. The highest BCUT2D eigenvalue weighted by Crippen LogP contribution is 2.24. The van der Waals surface area contributed by atoms with Crippen LogP contribution in [0.3, 0.4) is 0 Å². The van der Waals surface area contributed by atoms with Crippen molar-refractivity contribution in [3.63, 3.8) is 0 Å². The fourth-order valence-electron chi connectivity index (χ4n) is 2.40. The number of methoxy groups -OCH3 is 1. The highest BCUT2D eigenvalue weighted by atomic mass is 16.5. The highest BCUT2D eigenvalue weighted by Gasteiger charge is 2.18. The molecule has 0 aliphatic heterocycles. The van der Waals surface area contributed by atoms with Crippen LogP contribution in [0.2, 0.25) is 0 Å². The molecule has 0 atom stereocenters. The van der Waals surface area contributed by atoms with Crippen molar-refractivity contribution < 1.29 is 14.6 Å². The molecule has 0 aliphatic rings. The van der Waals surface area contributed by atoms with Gasteiger partial charge in [0, 0.05) is 30.3 Å². The van der Waals surface area contributed by atoms with E-state index < -0.39 is 0 Å². The molecule has 3 N–H and O–H groups in total. The van der Waals surface area contributed by atoms with Crippen molar-refractivity contribution in [1.29, 1.82) is 0 Å². The molecule has 1 heterocycles. The van der Waals surface area contributed by atoms with Gasteiger partial charge in [-0.05, 0) is 35.6 Å². The lowest BCUT2D eigenvalue weighted by Crippen LogP contribution is -2.35. The van der Waals surface area contributed by atoms with E-state index in [9.17, 15) is 4.79 Å². The first-order chi connectivity index (χ1) is 10.4. The quantitative estimate of drug-likeness (QED) is 0.734. The number of aliphatic hydroxyl groups is 1. The van der Waals surface area contributed by atoms with E-state index in [0.29, 0.717) is 19.4 Å². The van der Waals surface area contributed by atoms with Crippen LogP contribution in [-0.4, -0.2) is 36.3 Å². The van der Waals surface area contributed by atoms with E-state index in [-0.39, 0.29) is 17.9 Å². The molecule has 120 valence electrons. The molecule has 0 radical (unpaired) electrons. The monoisotopic (exact) mass is 304 g/mol. The number of H-pyrrole nitrogens is 1. The van der Waals surface area contributed by atoms with E-state index >= 15 is 0 Å². The molecule has 0 saturated heterocycles. The Hall–Kier alpha value is -2.01. The predicted molar refractivity (Wildman–Crippen MR) is 87.0 cm³/mol. The topological polar surface area (TPSA) is 74.4 Å². The van der Waals surface area contributed by atoms with Gasteiger partial charge in [-0.1, -0.05) is 13.8 Å². The molecule has 22 heavy (non-hydrogen) atoms. The number of hydrogen-bond acceptors (Lipinski definition) is 3. The fourth-order valence-corrected chi connectivity index (χ4v) is 2.40. The second-order valence-electron chi connectivity index (χ2n) is 6.32. The molecule has 0 bridgehead atoms. The number of rotatable bonds is 7. The SMILES string of the molecule is COc1ccc2[nH]cc(CC(=O)NCC(C)(C)CCO)c2c1. The Morgan fingerprint density at radius 1 is 1.41 bits per heavy atom. The zero-order valence-corrected chi connectivity index (χ0v) is 13.4. The van der Waals surface area contributed by atoms with E-state index in [1.54, 1.807) is 7.11 Å². The molecule has 2 aromatic rings. The molecular formula is C17H24N2O3. The number of carbonyl (C=O) groups excluding carboxylic acids is 1. The largest absolute Gasteiger partial charge is 0.497 e. The molecule has 0 unspecified atom stereocenters. The lowest BCUT2D eigenvalue weighted by atomic mass is 9.89. The number of fused-ring (bicyclic) bond motifs is 1. The first-order valence-electron chi connectivity index (χ1n) is 7.47. The van der Waals surface area contributed by atoms with E-state index in [0.717, 1.165) is 22.2 Å². The summed E-state index contributed by atoms with van der Waals surface area (Å²) in [5, 5.41) is 13.0. The molecule has 5 heteroatoms. The minimum Gasteiger partial charge on any atom is -0.497 e. The molecule has 0 saturated carbocycles. The summed E-state index contributed by atoms with van der Waals surface area (Å²) in [5.74, 6) is 0.757. The van der Waals surface area contributed by atoms with Crippen molar-refractivity contribution in [2.24, 2.45) is 5.41 Å². The maximum absolute atomic E-state index is 12.1. The molecule has 1 aromatic carbocycles. The van der Waals surface area contributed by atoms with Gasteiger partial charge in [0.1, 0.15) is 5.75 Å². The van der Waals surface area contributed by atoms with Crippen LogP contribution in [0.15, 0.2) is 24.4 Å². The summed E-state index contributed by atoms with van der Waals surface area (Å²) in [6.45, 7) is 4.74. The minimum absolute atomic E-state index is 0.0188. The number of aromatic amines is 1. The summed E-state index contributed by atoms with van der Waals surface area (Å²) < 4.78 is 5.23. The van der Waals surface area contributed by atoms with Gasteiger partial charge in [-0.2, -0.15) is 0 Å². The molecule has 1 amide bonds. The number of amides is 1. The standard InChI is InChI=1S/C17H24N2O3/c1-17(2,6-7-20)11-19-16(21)8-12-10-18-15-5-4-13(22-3)9-14(12)15/h4-5,9-10,18,20H,6-8,11H2,1-3H3,(H,19,21). The number of aromatic nitrogens is 1. The summed E-state index contributed by atoms with van der Waals surface area (Å²) in [6.07, 6.45) is 2.85. The number of benzene rings is 1. The summed E-state index contributed by atoms with van der Waals surface area (Å²) in [6, 6.07) is 5.77. The van der Waals surface area contributed by atoms with E-state index in [4.69, 9.17) is 9.84 Å². The van der Waals surface area contributed by atoms with Crippen LogP contribution in [-0.2, 0) is 11.2 Å². The third-order valence-electron chi connectivity index (χ3n) is 3.88. The predicted octanol–water partition coefficient (Wildman–Crippen LogP) is 2.24. The van der Waals surface area contributed by atoms with Gasteiger partial charge in [-0.15, -0.1) is 0 Å². The Labute approximate surface area is 130 Å². The van der Waals surface area contributed by atoms with Crippen molar-refractivity contribution in [3.8, 4) is 5.75 Å². The highest BCUT2D eigenvalue weighted by molar-refractivity contribution is 5.89. The zero-order chi connectivity index (χ0) is 16.2. The third kappa shape index (κ3) is 4.01. The lowest BCUT2D eigenvalue weighted by Gasteiger charge is -2.23. The van der Waals surface area contributed by atoms with Crippen molar-refractivity contribution in [2.45, 2.75) is 26.7 Å². The summed E-state index contributed by atoms with van der Waals surface area (Å²) in [7, 11) is 1.63. The number of hydrogen-bond donors (Lipinski definition) is 3. The molecule has 0 fully saturated rings. The summed E-state index contributed by atoms with van der Waals surface area (Å²) >= 11 is 0. The van der Waals surface area contributed by atoms with Crippen LogP contribution in [0, 0.1) is 5.41 Å². The number of aliphatic hydroxyl groups excluding tert-OH is 1. The van der Waals surface area contributed by atoms with Gasteiger partial charge >= 0.3 is 0 Å². The molecule has 0 spiro atoms. The van der Waals surface area contributed by atoms with Crippen LogP contribution in [0.4, 0.5) is 0 Å². The van der Waals surface area contributed by atoms with Crippen molar-refractivity contribution in [3.05, 3.63) is 30.0 Å². The molecule has 2 rings (SSSR count). The molecule has 5 nitrogen and oxygen atoms in total. The van der Waals surface area contributed by atoms with Crippen molar-refractivity contribution >= 4 is 16.8 Å². The maximum Gasteiger partial charge on any atom is 0.224 e. The Balaban J connectivity index is 2.03. The van der Waals surface area contributed by atoms with Gasteiger partial charge in [-0.3, -0.25) is 4.79 Å².